The fourth-order valence-corrected chi connectivity index (χ4v) is 15.8. The van der Waals surface area contributed by atoms with Gasteiger partial charge in [0.05, 0.1) is 0 Å². The molecule has 0 fully saturated rings. The van der Waals surface area contributed by atoms with Crippen LogP contribution >= 0.6 is 0 Å². The van der Waals surface area contributed by atoms with Crippen LogP contribution in [0.15, 0.2) is 30.8 Å². The minimum Gasteiger partial charge on any atom is -0.414 e. The lowest BCUT2D eigenvalue weighted by Gasteiger charge is -2.43. The molecule has 0 N–H and O–H groups in total. The molecule has 0 heterocycles. The van der Waals surface area contributed by atoms with Crippen molar-refractivity contribution in [3.05, 3.63) is 36.4 Å². The maximum absolute atomic E-state index is 6.76. The van der Waals surface area contributed by atoms with Crippen LogP contribution in [-0.2, 0) is 12.3 Å². The maximum Gasteiger partial charge on any atom is 0.506 e. The minimum absolute atomic E-state index is 1.05. The van der Waals surface area contributed by atoms with Crippen LogP contribution < -0.4 is 5.19 Å². The number of hydrogen-bond donors (Lipinski definition) is 0. The summed E-state index contributed by atoms with van der Waals surface area (Å²) < 4.78 is 20.3. The molecule has 0 saturated heterocycles. The Hall–Kier alpha value is -0.292. The number of rotatable bonds is 8. The molecule has 1 aromatic carbocycles. The van der Waals surface area contributed by atoms with Crippen LogP contribution in [0.1, 0.15) is 5.56 Å². The summed E-state index contributed by atoms with van der Waals surface area (Å²) in [7, 11) is -8.70. The van der Waals surface area contributed by atoms with Gasteiger partial charge in [0.25, 0.3) is 0 Å². The molecule has 0 spiro atoms. The predicted molar refractivity (Wildman–Crippen MR) is 115 cm³/mol. The van der Waals surface area contributed by atoms with Gasteiger partial charge in [0, 0.05) is 5.19 Å². The molecule has 0 aliphatic carbocycles. The molecule has 136 valence electrons. The number of hydrogen-bond acceptors (Lipinski definition) is 3. The van der Waals surface area contributed by atoms with Crippen molar-refractivity contribution in [1.82, 2.24) is 0 Å². The van der Waals surface area contributed by atoms with Gasteiger partial charge in [-0.1, -0.05) is 36.9 Å². The maximum atomic E-state index is 6.76. The Balaban J connectivity index is 3.63. The van der Waals surface area contributed by atoms with Gasteiger partial charge in [-0.25, -0.2) is 0 Å². The van der Waals surface area contributed by atoms with Crippen molar-refractivity contribution in [2.75, 3.05) is 0 Å². The Kier molecular flexibility index (Phi) is 6.82. The summed E-state index contributed by atoms with van der Waals surface area (Å²) in [5.41, 5.74) is 1.05. The third kappa shape index (κ3) is 6.91. The molecule has 0 bridgehead atoms. The van der Waals surface area contributed by atoms with Gasteiger partial charge in [0.2, 0.25) is 0 Å². The lowest BCUT2D eigenvalue weighted by Crippen LogP contribution is -2.67. The third-order valence-electron chi connectivity index (χ3n) is 2.83. The second-order valence-electron chi connectivity index (χ2n) is 8.99. The van der Waals surface area contributed by atoms with E-state index in [4.69, 9.17) is 12.3 Å². The topological polar surface area (TPSA) is 27.7 Å². The van der Waals surface area contributed by atoms with Crippen LogP contribution in [0.25, 0.3) is 6.08 Å². The Morgan fingerprint density at radius 3 is 1.42 bits per heavy atom. The van der Waals surface area contributed by atoms with E-state index < -0.39 is 33.8 Å². The molecular formula is C17H34O3Si4. The van der Waals surface area contributed by atoms with Crippen molar-refractivity contribution in [2.45, 2.75) is 58.9 Å². The SMILES string of the molecule is C=Cc1ccccc1[Si](O[Si](C)(C)C)(O[Si](C)(C)C)O[Si](C)(C)C. The molecule has 1 aromatic rings. The molecule has 0 amide bonds. The zero-order valence-corrected chi connectivity index (χ0v) is 20.8. The first-order valence-corrected chi connectivity index (χ1v) is 20.4. The molecule has 0 unspecified atom stereocenters. The van der Waals surface area contributed by atoms with Crippen molar-refractivity contribution in [1.29, 1.82) is 0 Å². The highest BCUT2D eigenvalue weighted by atomic mass is 28.5. The van der Waals surface area contributed by atoms with Gasteiger partial charge in [-0.3, -0.25) is 0 Å². The standard InChI is InChI=1S/C17H34O3Si4/c1-11-16-14-12-13-15-17(16)24(18-21(2,3)4,19-22(5,6)7)20-23(8,9)10/h11-15H,1H2,2-10H3. The molecule has 0 saturated carbocycles. The Bertz CT molecular complexity index is 528. The van der Waals surface area contributed by atoms with E-state index >= 15 is 0 Å². The highest BCUT2D eigenvalue weighted by Gasteiger charge is 2.52. The second kappa shape index (κ2) is 7.53. The van der Waals surface area contributed by atoms with Crippen molar-refractivity contribution in [3.8, 4) is 0 Å². The summed E-state index contributed by atoms with van der Waals surface area (Å²) in [6.45, 7) is 23.8. The first kappa shape index (κ1) is 21.7. The largest absolute Gasteiger partial charge is 0.506 e. The molecule has 0 aliphatic heterocycles. The Labute approximate surface area is 152 Å². The van der Waals surface area contributed by atoms with Crippen molar-refractivity contribution in [2.24, 2.45) is 0 Å². The highest BCUT2D eigenvalue weighted by Crippen LogP contribution is 2.26. The zero-order chi connectivity index (χ0) is 18.8. The Morgan fingerprint density at radius 2 is 1.08 bits per heavy atom. The van der Waals surface area contributed by atoms with Gasteiger partial charge in [0.1, 0.15) is 0 Å². The summed E-state index contributed by atoms with van der Waals surface area (Å²) >= 11 is 0. The summed E-state index contributed by atoms with van der Waals surface area (Å²) in [6.07, 6.45) is 1.88. The average Bonchev–Trinajstić information content (AvgIpc) is 2.32. The normalized spacial score (nSPS) is 13.9. The molecule has 0 aliphatic rings. The van der Waals surface area contributed by atoms with Crippen LogP contribution in [0.2, 0.25) is 58.9 Å². The van der Waals surface area contributed by atoms with E-state index in [1.165, 1.54) is 0 Å². The lowest BCUT2D eigenvalue weighted by molar-refractivity contribution is 0.273. The van der Waals surface area contributed by atoms with E-state index in [9.17, 15) is 0 Å². The first-order chi connectivity index (χ1) is 10.7. The monoisotopic (exact) mass is 398 g/mol. The minimum atomic E-state index is -3.03. The van der Waals surface area contributed by atoms with Crippen LogP contribution in [0.3, 0.4) is 0 Å². The van der Waals surface area contributed by atoms with Gasteiger partial charge >= 0.3 is 8.80 Å². The van der Waals surface area contributed by atoms with Crippen LogP contribution in [0.5, 0.6) is 0 Å². The molecular weight excluding hydrogens is 365 g/mol. The first-order valence-electron chi connectivity index (χ1n) is 8.50. The summed E-state index contributed by atoms with van der Waals surface area (Å²) in [5.74, 6) is 0. The quantitative estimate of drug-likeness (QED) is 0.575. The third-order valence-corrected chi connectivity index (χ3v) is 14.5. The molecule has 0 aromatic heterocycles. The highest BCUT2D eigenvalue weighted by molar-refractivity contribution is 6.95. The zero-order valence-electron chi connectivity index (χ0n) is 16.8. The summed E-state index contributed by atoms with van der Waals surface area (Å²) in [4.78, 5) is 0. The molecule has 1 rings (SSSR count). The van der Waals surface area contributed by atoms with Crippen molar-refractivity contribution in [3.63, 3.8) is 0 Å². The van der Waals surface area contributed by atoms with Gasteiger partial charge in [-0.15, -0.1) is 0 Å². The lowest BCUT2D eigenvalue weighted by atomic mass is 10.2. The van der Waals surface area contributed by atoms with Gasteiger partial charge < -0.3 is 12.3 Å². The van der Waals surface area contributed by atoms with Crippen LogP contribution in [-0.4, -0.2) is 33.8 Å². The second-order valence-corrected chi connectivity index (χ2v) is 25.8. The molecule has 3 nitrogen and oxygen atoms in total. The fourth-order valence-electron chi connectivity index (χ4n) is 2.39. The summed E-state index contributed by atoms with van der Waals surface area (Å²) in [5, 5.41) is 1.06. The number of benzene rings is 1. The van der Waals surface area contributed by atoms with E-state index in [1.807, 2.05) is 18.2 Å². The van der Waals surface area contributed by atoms with Gasteiger partial charge in [-0.05, 0) is 64.5 Å². The van der Waals surface area contributed by atoms with Crippen molar-refractivity contribution >= 4 is 45.0 Å². The van der Waals surface area contributed by atoms with E-state index in [-0.39, 0.29) is 0 Å². The van der Waals surface area contributed by atoms with E-state index in [2.05, 4.69) is 77.6 Å². The Morgan fingerprint density at radius 1 is 0.708 bits per heavy atom. The van der Waals surface area contributed by atoms with Crippen LogP contribution in [0, 0.1) is 0 Å². The fraction of sp³-hybridized carbons (Fsp3) is 0.529. The average molecular weight is 399 g/mol. The van der Waals surface area contributed by atoms with E-state index in [0.717, 1.165) is 10.8 Å². The smallest absolute Gasteiger partial charge is 0.414 e. The molecule has 24 heavy (non-hydrogen) atoms. The molecule has 0 radical (unpaired) electrons. The van der Waals surface area contributed by atoms with Gasteiger partial charge in [-0.2, -0.15) is 0 Å². The predicted octanol–water partition coefficient (Wildman–Crippen LogP) is 5.03. The van der Waals surface area contributed by atoms with Crippen molar-refractivity contribution < 1.29 is 12.3 Å². The van der Waals surface area contributed by atoms with Crippen LogP contribution in [0.4, 0.5) is 0 Å². The molecule has 7 heteroatoms. The van der Waals surface area contributed by atoms with E-state index in [1.54, 1.807) is 0 Å². The van der Waals surface area contributed by atoms with E-state index in [0.29, 0.717) is 0 Å². The summed E-state index contributed by atoms with van der Waals surface area (Å²) in [6, 6.07) is 8.23. The van der Waals surface area contributed by atoms with Gasteiger partial charge in [0.15, 0.2) is 25.0 Å². The molecule has 0 atom stereocenters.